The third-order valence-electron chi connectivity index (χ3n) is 5.84. The van der Waals surface area contributed by atoms with Crippen LogP contribution in [0.1, 0.15) is 30.9 Å². The van der Waals surface area contributed by atoms with Gasteiger partial charge in [0.15, 0.2) is 0 Å². The second kappa shape index (κ2) is 6.07. The van der Waals surface area contributed by atoms with Crippen molar-refractivity contribution in [1.82, 2.24) is 9.80 Å². The van der Waals surface area contributed by atoms with E-state index in [1.807, 2.05) is 0 Å². The third kappa shape index (κ3) is 2.75. The number of fused-ring (bicyclic) bond motifs is 1. The second-order valence-electron chi connectivity index (χ2n) is 6.83. The minimum absolute atomic E-state index is 0.142. The zero-order valence-corrected chi connectivity index (χ0v) is 13.5. The Morgan fingerprint density at radius 2 is 1.76 bits per heavy atom. The van der Waals surface area contributed by atoms with E-state index in [0.29, 0.717) is 6.04 Å². The molecule has 0 radical (unpaired) electrons. The summed E-state index contributed by atoms with van der Waals surface area (Å²) in [5.41, 5.74) is 9.40. The molecule has 1 fully saturated rings. The van der Waals surface area contributed by atoms with Crippen molar-refractivity contribution in [2.24, 2.45) is 5.73 Å². The summed E-state index contributed by atoms with van der Waals surface area (Å²) in [7, 11) is 2.31. The van der Waals surface area contributed by atoms with Crippen LogP contribution in [-0.4, -0.2) is 54.6 Å². The zero-order valence-electron chi connectivity index (χ0n) is 13.5. The lowest BCUT2D eigenvalue weighted by atomic mass is 9.89. The van der Waals surface area contributed by atoms with E-state index in [9.17, 15) is 0 Å². The van der Waals surface area contributed by atoms with E-state index in [1.165, 1.54) is 43.6 Å². The van der Waals surface area contributed by atoms with Crippen LogP contribution in [0.25, 0.3) is 0 Å². The fraction of sp³-hybridized carbons (Fsp3) is 0.667. The molecule has 0 unspecified atom stereocenters. The van der Waals surface area contributed by atoms with Crippen LogP contribution in [-0.2, 0) is 12.8 Å². The lowest BCUT2D eigenvalue weighted by Gasteiger charge is -2.46. The molecule has 3 rings (SSSR count). The summed E-state index contributed by atoms with van der Waals surface area (Å²) < 4.78 is 0. The molecule has 2 N–H and O–H groups in total. The SMILES string of the molecule is CCN1CCC(N(C)C2(CN)Cc3ccccc3C2)CC1. The lowest BCUT2D eigenvalue weighted by molar-refractivity contribution is 0.0451. The van der Waals surface area contributed by atoms with Gasteiger partial charge in [-0.15, -0.1) is 0 Å². The number of piperidine rings is 1. The standard InChI is InChI=1S/C18H29N3/c1-3-21-10-8-17(9-11-21)20(2)18(14-19)12-15-6-4-5-7-16(15)13-18/h4-7,17H,3,8-14,19H2,1-2H3. The number of likely N-dealkylation sites (tertiary alicyclic amines) is 1. The van der Waals surface area contributed by atoms with E-state index >= 15 is 0 Å². The van der Waals surface area contributed by atoms with E-state index in [-0.39, 0.29) is 5.54 Å². The normalized spacial score (nSPS) is 22.7. The molecule has 1 heterocycles. The van der Waals surface area contributed by atoms with Gasteiger partial charge in [0, 0.05) is 18.1 Å². The summed E-state index contributed by atoms with van der Waals surface area (Å²) in [6, 6.07) is 9.56. The molecular formula is C18H29N3. The van der Waals surface area contributed by atoms with Crippen molar-refractivity contribution in [2.75, 3.05) is 33.2 Å². The van der Waals surface area contributed by atoms with Gasteiger partial charge in [0.25, 0.3) is 0 Å². The van der Waals surface area contributed by atoms with Crippen LogP contribution >= 0.6 is 0 Å². The summed E-state index contributed by atoms with van der Waals surface area (Å²) in [4.78, 5) is 5.18. The molecule has 0 saturated carbocycles. The minimum Gasteiger partial charge on any atom is -0.329 e. The lowest BCUT2D eigenvalue weighted by Crippen LogP contribution is -2.58. The summed E-state index contributed by atoms with van der Waals surface area (Å²) in [6.07, 6.45) is 4.79. The summed E-state index contributed by atoms with van der Waals surface area (Å²) in [6.45, 7) is 6.67. The quantitative estimate of drug-likeness (QED) is 0.918. The molecule has 1 saturated heterocycles. The number of nitrogens with two attached hydrogens (primary N) is 1. The molecule has 0 atom stereocenters. The van der Waals surface area contributed by atoms with Crippen molar-refractivity contribution in [2.45, 2.75) is 44.2 Å². The average molecular weight is 287 g/mol. The molecule has 0 spiro atoms. The highest BCUT2D eigenvalue weighted by Crippen LogP contribution is 2.36. The number of benzene rings is 1. The van der Waals surface area contributed by atoms with Crippen molar-refractivity contribution in [3.05, 3.63) is 35.4 Å². The van der Waals surface area contributed by atoms with Crippen molar-refractivity contribution in [1.29, 1.82) is 0 Å². The second-order valence-corrected chi connectivity index (χ2v) is 6.83. The predicted molar refractivity (Wildman–Crippen MR) is 88.5 cm³/mol. The van der Waals surface area contributed by atoms with Gasteiger partial charge < -0.3 is 10.6 Å². The average Bonchev–Trinajstić information content (AvgIpc) is 2.94. The Morgan fingerprint density at radius 1 is 1.19 bits per heavy atom. The van der Waals surface area contributed by atoms with Crippen molar-refractivity contribution in [3.8, 4) is 0 Å². The van der Waals surface area contributed by atoms with Gasteiger partial charge in [-0.1, -0.05) is 31.2 Å². The molecule has 2 aliphatic rings. The van der Waals surface area contributed by atoms with Gasteiger partial charge in [-0.2, -0.15) is 0 Å². The zero-order chi connectivity index (χ0) is 14.9. The van der Waals surface area contributed by atoms with Gasteiger partial charge in [-0.3, -0.25) is 4.90 Å². The van der Waals surface area contributed by atoms with Gasteiger partial charge in [0.2, 0.25) is 0 Å². The van der Waals surface area contributed by atoms with E-state index in [1.54, 1.807) is 0 Å². The predicted octanol–water partition coefficient (Wildman–Crippen LogP) is 1.90. The Hall–Kier alpha value is -0.900. The molecule has 1 aromatic rings. The minimum atomic E-state index is 0.142. The molecule has 1 aliphatic carbocycles. The van der Waals surface area contributed by atoms with Crippen LogP contribution in [0.2, 0.25) is 0 Å². The van der Waals surface area contributed by atoms with Crippen LogP contribution in [0.3, 0.4) is 0 Å². The summed E-state index contributed by atoms with van der Waals surface area (Å²) in [5.74, 6) is 0. The summed E-state index contributed by atoms with van der Waals surface area (Å²) in [5, 5.41) is 0. The molecule has 3 heteroatoms. The largest absolute Gasteiger partial charge is 0.329 e. The molecular weight excluding hydrogens is 258 g/mol. The van der Waals surface area contributed by atoms with Gasteiger partial charge >= 0.3 is 0 Å². The highest BCUT2D eigenvalue weighted by molar-refractivity contribution is 5.36. The first-order valence-electron chi connectivity index (χ1n) is 8.40. The molecule has 0 amide bonds. The van der Waals surface area contributed by atoms with Crippen LogP contribution in [0, 0.1) is 0 Å². The molecule has 0 bridgehead atoms. The fourth-order valence-electron chi connectivity index (χ4n) is 4.22. The van der Waals surface area contributed by atoms with Crippen LogP contribution in [0.15, 0.2) is 24.3 Å². The topological polar surface area (TPSA) is 32.5 Å². The molecule has 0 aromatic heterocycles. The van der Waals surface area contributed by atoms with Crippen molar-refractivity contribution >= 4 is 0 Å². The molecule has 1 aromatic carbocycles. The van der Waals surface area contributed by atoms with E-state index in [0.717, 1.165) is 19.4 Å². The molecule has 21 heavy (non-hydrogen) atoms. The maximum atomic E-state index is 6.26. The van der Waals surface area contributed by atoms with E-state index in [2.05, 4.69) is 48.0 Å². The Labute approximate surface area is 129 Å². The van der Waals surface area contributed by atoms with E-state index in [4.69, 9.17) is 5.73 Å². The molecule has 1 aliphatic heterocycles. The van der Waals surface area contributed by atoms with Gasteiger partial charge in [0.05, 0.1) is 0 Å². The van der Waals surface area contributed by atoms with Crippen LogP contribution in [0.4, 0.5) is 0 Å². The first kappa shape index (κ1) is 15.0. The van der Waals surface area contributed by atoms with Crippen LogP contribution < -0.4 is 5.73 Å². The van der Waals surface area contributed by atoms with Crippen molar-refractivity contribution < 1.29 is 0 Å². The number of likely N-dealkylation sites (N-methyl/N-ethyl adjacent to an activating group) is 1. The monoisotopic (exact) mass is 287 g/mol. The Kier molecular flexibility index (Phi) is 4.34. The highest BCUT2D eigenvalue weighted by atomic mass is 15.2. The van der Waals surface area contributed by atoms with Gasteiger partial charge in [0.1, 0.15) is 0 Å². The van der Waals surface area contributed by atoms with Gasteiger partial charge in [-0.25, -0.2) is 0 Å². The van der Waals surface area contributed by atoms with Crippen LogP contribution in [0.5, 0.6) is 0 Å². The number of hydrogen-bond donors (Lipinski definition) is 1. The van der Waals surface area contributed by atoms with Gasteiger partial charge in [-0.05, 0) is 63.5 Å². The number of rotatable bonds is 4. The summed E-state index contributed by atoms with van der Waals surface area (Å²) >= 11 is 0. The van der Waals surface area contributed by atoms with E-state index < -0.39 is 0 Å². The highest BCUT2D eigenvalue weighted by Gasteiger charge is 2.42. The Morgan fingerprint density at radius 3 is 2.24 bits per heavy atom. The Bertz CT molecular complexity index is 452. The first-order valence-corrected chi connectivity index (χ1v) is 8.40. The Balaban J connectivity index is 1.73. The molecule has 116 valence electrons. The van der Waals surface area contributed by atoms with Crippen molar-refractivity contribution in [3.63, 3.8) is 0 Å². The smallest absolute Gasteiger partial charge is 0.0412 e. The molecule has 3 nitrogen and oxygen atoms in total. The number of hydrogen-bond acceptors (Lipinski definition) is 3. The third-order valence-corrected chi connectivity index (χ3v) is 5.84. The fourth-order valence-corrected chi connectivity index (χ4v) is 4.22. The first-order chi connectivity index (χ1) is 10.2. The maximum absolute atomic E-state index is 6.26. The number of nitrogens with zero attached hydrogens (tertiary/aromatic N) is 2. The maximum Gasteiger partial charge on any atom is 0.0412 e.